The summed E-state index contributed by atoms with van der Waals surface area (Å²) in [6.07, 6.45) is 3.97. The van der Waals surface area contributed by atoms with Crippen LogP contribution in [0.15, 0.2) is 140 Å². The molecule has 334 valence electrons. The molecule has 2 aliphatic rings. The van der Waals surface area contributed by atoms with Crippen molar-refractivity contribution in [1.82, 2.24) is 29.3 Å². The van der Waals surface area contributed by atoms with Crippen LogP contribution in [0.1, 0.15) is 52.9 Å². The molecule has 12 heteroatoms. The van der Waals surface area contributed by atoms with Crippen molar-refractivity contribution in [3.05, 3.63) is 168 Å². The van der Waals surface area contributed by atoms with Gasteiger partial charge in [0.25, 0.3) is 5.91 Å². The summed E-state index contributed by atoms with van der Waals surface area (Å²) in [5.74, 6) is -0.658. The van der Waals surface area contributed by atoms with Crippen LogP contribution >= 0.6 is 0 Å². The van der Waals surface area contributed by atoms with Crippen molar-refractivity contribution in [2.75, 3.05) is 38.0 Å². The average molecular weight is 872 g/mol. The monoisotopic (exact) mass is 871 g/mol. The van der Waals surface area contributed by atoms with Crippen LogP contribution in [0, 0.1) is 0 Å². The molecule has 0 bridgehead atoms. The minimum Gasteiger partial charge on any atom is -0.508 e. The predicted octanol–water partition coefficient (Wildman–Crippen LogP) is 7.63. The summed E-state index contributed by atoms with van der Waals surface area (Å²) >= 11 is 0. The van der Waals surface area contributed by atoms with E-state index in [4.69, 9.17) is 0 Å². The van der Waals surface area contributed by atoms with Crippen LogP contribution in [0.25, 0.3) is 22.0 Å². The molecule has 0 spiro atoms. The number of amides is 4. The molecule has 3 heterocycles. The highest BCUT2D eigenvalue weighted by Gasteiger charge is 2.51. The standard InChI is InChI=1S/C53H57N7O5/c1-5-30-58-36-50(63)59-47(31-38-18-27-44(61)28-19-38)53(65)57(35-48(59)60(58)49(62)29-20-37-12-9-8-10-13-37)33-42-14-11-15-45-46(34-55(4)51(42)45)40-23-25-43(26-24-40)54-52(64)41-21-16-39(17-22-41)32-56(6-2)7-3/h5,8-19,21-28,34,47-48,61H,1,6-7,20,29-33,35-36H2,2-4H3,(H,54,64)/t47-,48-/m0/s1. The Morgan fingerprint density at radius 1 is 0.846 bits per heavy atom. The summed E-state index contributed by atoms with van der Waals surface area (Å²) in [5, 5.41) is 17.5. The second-order valence-corrected chi connectivity index (χ2v) is 16.9. The summed E-state index contributed by atoms with van der Waals surface area (Å²) in [6.45, 7) is 11.6. The van der Waals surface area contributed by atoms with Crippen molar-refractivity contribution in [2.45, 2.75) is 58.4 Å². The number of phenols is 1. The Labute approximate surface area is 380 Å². The van der Waals surface area contributed by atoms with Crippen LogP contribution in [0.3, 0.4) is 0 Å². The Morgan fingerprint density at radius 3 is 2.25 bits per heavy atom. The molecule has 65 heavy (non-hydrogen) atoms. The SMILES string of the molecule is C=CCN1CC(=O)N2[C@@H](Cc3ccc(O)cc3)C(=O)N(Cc3cccc4c(-c5ccc(NC(=O)c6ccc(CN(CC)CC)cc6)cc5)cn(C)c34)C[C@@H]2N1C(=O)CCc1ccccc1. The van der Waals surface area contributed by atoms with E-state index in [1.165, 1.54) is 5.56 Å². The number of aryl methyl sites for hydroxylation is 2. The van der Waals surface area contributed by atoms with Crippen LogP contribution in [0.2, 0.25) is 0 Å². The van der Waals surface area contributed by atoms with Crippen molar-refractivity contribution in [3.8, 4) is 16.9 Å². The number of benzene rings is 5. The van der Waals surface area contributed by atoms with Gasteiger partial charge in [0.1, 0.15) is 18.0 Å². The van der Waals surface area contributed by atoms with Gasteiger partial charge < -0.3 is 24.8 Å². The number of rotatable bonds is 16. The summed E-state index contributed by atoms with van der Waals surface area (Å²) < 4.78 is 2.07. The lowest BCUT2D eigenvalue weighted by Crippen LogP contribution is -2.75. The molecule has 0 saturated carbocycles. The predicted molar refractivity (Wildman–Crippen MR) is 254 cm³/mol. The lowest BCUT2D eigenvalue weighted by molar-refractivity contribution is -0.205. The maximum atomic E-state index is 14.8. The van der Waals surface area contributed by atoms with Gasteiger partial charge in [-0.15, -0.1) is 6.58 Å². The van der Waals surface area contributed by atoms with Gasteiger partial charge in [-0.05, 0) is 83.7 Å². The Hall–Kier alpha value is -7.02. The Morgan fingerprint density at radius 2 is 1.55 bits per heavy atom. The maximum absolute atomic E-state index is 14.8. The van der Waals surface area contributed by atoms with E-state index in [1.807, 2.05) is 98.0 Å². The van der Waals surface area contributed by atoms with Crippen LogP contribution in [0.4, 0.5) is 5.69 Å². The fraction of sp³-hybridized carbons (Fsp3) is 0.283. The normalized spacial score (nSPS) is 16.6. The number of carbonyl (C=O) groups excluding carboxylic acids is 4. The van der Waals surface area contributed by atoms with E-state index in [1.54, 1.807) is 50.2 Å². The largest absolute Gasteiger partial charge is 0.508 e. The Bertz CT molecular complexity index is 2660. The van der Waals surface area contributed by atoms with Gasteiger partial charge in [0.2, 0.25) is 17.7 Å². The minimum absolute atomic E-state index is 0.0665. The number of hydrogen-bond donors (Lipinski definition) is 2. The smallest absolute Gasteiger partial charge is 0.255 e. The number of hydrazine groups is 1. The van der Waals surface area contributed by atoms with E-state index in [-0.39, 0.29) is 68.4 Å². The molecular formula is C53H57N7O5. The number of aromatic nitrogens is 1. The highest BCUT2D eigenvalue weighted by Crippen LogP contribution is 2.35. The van der Waals surface area contributed by atoms with Gasteiger partial charge in [-0.3, -0.25) is 24.1 Å². The number of fused-ring (bicyclic) bond motifs is 2. The molecule has 2 saturated heterocycles. The van der Waals surface area contributed by atoms with Gasteiger partial charge in [-0.2, -0.15) is 0 Å². The van der Waals surface area contributed by atoms with Crippen LogP contribution < -0.4 is 5.32 Å². The summed E-state index contributed by atoms with van der Waals surface area (Å²) in [6, 6.07) is 37.3. The molecule has 1 aromatic heterocycles. The average Bonchev–Trinajstić information content (AvgIpc) is 3.66. The Balaban J connectivity index is 1.06. The molecule has 4 amide bonds. The second kappa shape index (κ2) is 19.8. The number of phenolic OH excluding ortho intramolecular Hbond substituents is 1. The third-order valence-electron chi connectivity index (χ3n) is 12.7. The molecule has 0 unspecified atom stereocenters. The summed E-state index contributed by atoms with van der Waals surface area (Å²) in [7, 11) is 1.99. The maximum Gasteiger partial charge on any atom is 0.255 e. The third kappa shape index (κ3) is 9.74. The molecule has 2 N–H and O–H groups in total. The number of para-hydroxylation sites is 1. The van der Waals surface area contributed by atoms with E-state index in [0.29, 0.717) is 17.7 Å². The van der Waals surface area contributed by atoms with Crippen LogP contribution in [-0.4, -0.2) is 103 Å². The van der Waals surface area contributed by atoms with Crippen LogP contribution in [0.5, 0.6) is 5.75 Å². The first kappa shape index (κ1) is 44.6. The number of hydrogen-bond acceptors (Lipinski definition) is 7. The van der Waals surface area contributed by atoms with Crippen molar-refractivity contribution in [1.29, 1.82) is 0 Å². The van der Waals surface area contributed by atoms with Crippen molar-refractivity contribution >= 4 is 40.2 Å². The second-order valence-electron chi connectivity index (χ2n) is 16.9. The van der Waals surface area contributed by atoms with Gasteiger partial charge in [0, 0.05) is 67.9 Å². The molecule has 2 atom stereocenters. The van der Waals surface area contributed by atoms with Gasteiger partial charge in [-0.25, -0.2) is 10.0 Å². The topological polar surface area (TPSA) is 122 Å². The molecule has 2 aliphatic heterocycles. The quantitative estimate of drug-likeness (QED) is 0.0961. The van der Waals surface area contributed by atoms with Gasteiger partial charge in [0.05, 0.1) is 18.6 Å². The third-order valence-corrected chi connectivity index (χ3v) is 12.7. The lowest BCUT2D eigenvalue weighted by atomic mass is 9.97. The zero-order chi connectivity index (χ0) is 45.6. The van der Waals surface area contributed by atoms with Crippen molar-refractivity contribution in [2.24, 2.45) is 7.05 Å². The fourth-order valence-corrected chi connectivity index (χ4v) is 9.29. The molecule has 2 fully saturated rings. The Kier molecular flexibility index (Phi) is 13.6. The molecule has 6 aromatic rings. The zero-order valence-electron chi connectivity index (χ0n) is 37.4. The zero-order valence-corrected chi connectivity index (χ0v) is 37.4. The fourth-order valence-electron chi connectivity index (χ4n) is 9.29. The number of anilines is 1. The molecule has 12 nitrogen and oxygen atoms in total. The van der Waals surface area contributed by atoms with E-state index in [0.717, 1.165) is 58.4 Å². The number of piperazine rings is 1. The highest BCUT2D eigenvalue weighted by atomic mass is 16.3. The minimum atomic E-state index is -0.889. The lowest BCUT2D eigenvalue weighted by Gasteiger charge is -2.55. The van der Waals surface area contributed by atoms with E-state index < -0.39 is 12.2 Å². The van der Waals surface area contributed by atoms with Gasteiger partial charge in [-0.1, -0.05) is 105 Å². The molecule has 5 aromatic carbocycles. The molecule has 0 radical (unpaired) electrons. The van der Waals surface area contributed by atoms with E-state index in [2.05, 4.69) is 47.5 Å². The van der Waals surface area contributed by atoms with Gasteiger partial charge in [0.15, 0.2) is 0 Å². The number of aromatic hydroxyl groups is 1. The number of nitrogens with zero attached hydrogens (tertiary/aromatic N) is 6. The first-order chi connectivity index (χ1) is 31.5. The highest BCUT2D eigenvalue weighted by molar-refractivity contribution is 6.04. The number of carbonyl (C=O) groups is 4. The van der Waals surface area contributed by atoms with Gasteiger partial charge >= 0.3 is 0 Å². The molecule has 8 rings (SSSR count). The van der Waals surface area contributed by atoms with E-state index in [9.17, 15) is 24.3 Å². The molecule has 0 aliphatic carbocycles. The van der Waals surface area contributed by atoms with Crippen molar-refractivity contribution in [3.63, 3.8) is 0 Å². The first-order valence-electron chi connectivity index (χ1n) is 22.4. The first-order valence-corrected chi connectivity index (χ1v) is 22.4. The molecular weight excluding hydrogens is 815 g/mol. The number of nitrogens with one attached hydrogen (secondary N) is 1. The van der Waals surface area contributed by atoms with Crippen LogP contribution in [-0.2, 0) is 47.4 Å². The summed E-state index contributed by atoms with van der Waals surface area (Å²) in [5.41, 5.74) is 8.11. The summed E-state index contributed by atoms with van der Waals surface area (Å²) in [4.78, 5) is 62.3. The van der Waals surface area contributed by atoms with E-state index >= 15 is 0 Å². The van der Waals surface area contributed by atoms with Crippen molar-refractivity contribution < 1.29 is 24.3 Å².